The largest absolute Gasteiger partial charge is 0.467 e. The number of nitrogens with one attached hydrogen (secondary N) is 1. The Kier molecular flexibility index (Phi) is 6.47. The van der Waals surface area contributed by atoms with E-state index in [1.54, 1.807) is 30.5 Å². The van der Waals surface area contributed by atoms with Crippen LogP contribution in [0.3, 0.4) is 0 Å². The Morgan fingerprint density at radius 1 is 1.10 bits per heavy atom. The van der Waals surface area contributed by atoms with Gasteiger partial charge in [-0.3, -0.25) is 9.36 Å². The molecule has 31 heavy (non-hydrogen) atoms. The fraction of sp³-hybridized carbons (Fsp3) is 0.174. The Hall–Kier alpha value is -3.39. The van der Waals surface area contributed by atoms with Gasteiger partial charge in [-0.15, -0.1) is 10.2 Å². The number of furan rings is 1. The summed E-state index contributed by atoms with van der Waals surface area (Å²) in [5.74, 6) is 0.939. The van der Waals surface area contributed by atoms with Crippen LogP contribution in [0.5, 0.6) is 0 Å². The van der Waals surface area contributed by atoms with E-state index in [1.807, 2.05) is 41.8 Å². The first kappa shape index (κ1) is 20.9. The number of halogens is 1. The molecule has 0 spiro atoms. The molecule has 0 bridgehead atoms. The van der Waals surface area contributed by atoms with Crippen LogP contribution in [0.15, 0.2) is 82.6 Å². The molecule has 0 aliphatic rings. The summed E-state index contributed by atoms with van der Waals surface area (Å²) in [6, 6.07) is 19.7. The lowest BCUT2D eigenvalue weighted by Crippen LogP contribution is -2.30. The van der Waals surface area contributed by atoms with Crippen molar-refractivity contribution in [3.63, 3.8) is 0 Å². The highest BCUT2D eigenvalue weighted by Crippen LogP contribution is 2.27. The molecule has 4 aromatic rings. The van der Waals surface area contributed by atoms with Crippen molar-refractivity contribution in [1.29, 1.82) is 0 Å². The highest BCUT2D eigenvalue weighted by atomic mass is 32.2. The minimum Gasteiger partial charge on any atom is -0.467 e. The summed E-state index contributed by atoms with van der Waals surface area (Å²) in [5.41, 5.74) is 1.82. The van der Waals surface area contributed by atoms with E-state index in [0.717, 1.165) is 11.3 Å². The number of hydrogen-bond acceptors (Lipinski definition) is 5. The first-order chi connectivity index (χ1) is 15.1. The van der Waals surface area contributed by atoms with Gasteiger partial charge in [-0.2, -0.15) is 0 Å². The Morgan fingerprint density at radius 3 is 2.58 bits per heavy atom. The standard InChI is InChI=1S/C23H21FN4O2S/c1-16(22(29)25-15-20-8-5-13-30-20)31-23-27-26-21(14-17-6-3-2-4-7-17)28(23)19-11-9-18(24)10-12-19/h2-13,16H,14-15H2,1H3,(H,25,29)/t16-/m0/s1. The molecule has 1 atom stereocenters. The molecule has 1 N–H and O–H groups in total. The summed E-state index contributed by atoms with van der Waals surface area (Å²) in [6.45, 7) is 2.13. The molecular weight excluding hydrogens is 415 g/mol. The maximum absolute atomic E-state index is 13.5. The summed E-state index contributed by atoms with van der Waals surface area (Å²) in [4.78, 5) is 12.6. The highest BCUT2D eigenvalue weighted by Gasteiger charge is 2.21. The van der Waals surface area contributed by atoms with Crippen LogP contribution in [0.1, 0.15) is 24.1 Å². The van der Waals surface area contributed by atoms with Crippen LogP contribution in [0.4, 0.5) is 4.39 Å². The normalized spacial score (nSPS) is 11.9. The Morgan fingerprint density at radius 2 is 1.87 bits per heavy atom. The topological polar surface area (TPSA) is 73.0 Å². The van der Waals surface area contributed by atoms with Gasteiger partial charge in [0.2, 0.25) is 5.91 Å². The molecule has 0 saturated heterocycles. The Bertz CT molecular complexity index is 1130. The number of nitrogens with zero attached hydrogens (tertiary/aromatic N) is 3. The molecule has 6 nitrogen and oxygen atoms in total. The molecule has 0 aliphatic carbocycles. The lowest BCUT2D eigenvalue weighted by atomic mass is 10.1. The number of thioether (sulfide) groups is 1. The fourth-order valence-electron chi connectivity index (χ4n) is 3.06. The molecule has 0 aliphatic heterocycles. The van der Waals surface area contributed by atoms with E-state index in [1.165, 1.54) is 23.9 Å². The predicted octanol–water partition coefficient (Wildman–Crippen LogP) is 4.39. The average Bonchev–Trinajstić information content (AvgIpc) is 3.44. The zero-order valence-electron chi connectivity index (χ0n) is 16.9. The smallest absolute Gasteiger partial charge is 0.233 e. The second kappa shape index (κ2) is 9.61. The van der Waals surface area contributed by atoms with Gasteiger partial charge in [0.05, 0.1) is 18.1 Å². The summed E-state index contributed by atoms with van der Waals surface area (Å²) < 4.78 is 20.6. The van der Waals surface area contributed by atoms with E-state index in [2.05, 4.69) is 15.5 Å². The van der Waals surface area contributed by atoms with E-state index in [9.17, 15) is 9.18 Å². The predicted molar refractivity (Wildman–Crippen MR) is 116 cm³/mol. The first-order valence-corrected chi connectivity index (χ1v) is 10.7. The quantitative estimate of drug-likeness (QED) is 0.415. The van der Waals surface area contributed by atoms with Gasteiger partial charge in [0.1, 0.15) is 17.4 Å². The van der Waals surface area contributed by atoms with E-state index < -0.39 is 5.25 Å². The monoisotopic (exact) mass is 436 g/mol. The number of rotatable bonds is 8. The lowest BCUT2D eigenvalue weighted by molar-refractivity contribution is -0.120. The number of carbonyl (C=O) groups excluding carboxylic acids is 1. The number of aromatic nitrogens is 3. The summed E-state index contributed by atoms with van der Waals surface area (Å²) in [6.07, 6.45) is 2.13. The summed E-state index contributed by atoms with van der Waals surface area (Å²) in [7, 11) is 0. The van der Waals surface area contributed by atoms with E-state index >= 15 is 0 Å². The van der Waals surface area contributed by atoms with Crippen LogP contribution in [0, 0.1) is 5.82 Å². The molecule has 0 unspecified atom stereocenters. The van der Waals surface area contributed by atoms with Crippen molar-refractivity contribution in [2.45, 2.75) is 30.3 Å². The van der Waals surface area contributed by atoms with Crippen molar-refractivity contribution < 1.29 is 13.6 Å². The van der Waals surface area contributed by atoms with Gasteiger partial charge in [0, 0.05) is 12.1 Å². The van der Waals surface area contributed by atoms with Gasteiger partial charge < -0.3 is 9.73 Å². The molecule has 2 aromatic carbocycles. The third-order valence-corrected chi connectivity index (χ3v) is 5.70. The third kappa shape index (κ3) is 5.21. The maximum Gasteiger partial charge on any atom is 0.233 e. The van der Waals surface area contributed by atoms with Crippen molar-refractivity contribution in [3.8, 4) is 5.69 Å². The number of benzene rings is 2. The maximum atomic E-state index is 13.5. The summed E-state index contributed by atoms with van der Waals surface area (Å²) >= 11 is 1.30. The number of carbonyl (C=O) groups is 1. The van der Waals surface area contributed by atoms with Gasteiger partial charge in [-0.1, -0.05) is 42.1 Å². The van der Waals surface area contributed by atoms with Gasteiger partial charge in [0.25, 0.3) is 0 Å². The Balaban J connectivity index is 1.56. The van der Waals surface area contributed by atoms with Crippen LogP contribution in [-0.4, -0.2) is 25.9 Å². The van der Waals surface area contributed by atoms with Gasteiger partial charge >= 0.3 is 0 Å². The van der Waals surface area contributed by atoms with Crippen molar-refractivity contribution >= 4 is 17.7 Å². The minimum absolute atomic E-state index is 0.139. The molecule has 0 saturated carbocycles. The molecule has 0 radical (unpaired) electrons. The third-order valence-electron chi connectivity index (χ3n) is 4.66. The van der Waals surface area contributed by atoms with Crippen molar-refractivity contribution in [1.82, 2.24) is 20.1 Å². The van der Waals surface area contributed by atoms with E-state index in [4.69, 9.17) is 4.42 Å². The van der Waals surface area contributed by atoms with E-state index in [-0.39, 0.29) is 11.7 Å². The molecule has 2 aromatic heterocycles. The lowest BCUT2D eigenvalue weighted by Gasteiger charge is -2.14. The molecule has 2 heterocycles. The zero-order valence-corrected chi connectivity index (χ0v) is 17.7. The van der Waals surface area contributed by atoms with Crippen LogP contribution < -0.4 is 5.32 Å². The molecule has 4 rings (SSSR count). The number of amides is 1. The molecule has 0 fully saturated rings. The van der Waals surface area contributed by atoms with Crippen LogP contribution in [0.25, 0.3) is 5.69 Å². The van der Waals surface area contributed by atoms with Crippen LogP contribution >= 0.6 is 11.8 Å². The highest BCUT2D eigenvalue weighted by molar-refractivity contribution is 8.00. The summed E-state index contributed by atoms with van der Waals surface area (Å²) in [5, 5.41) is 11.7. The van der Waals surface area contributed by atoms with E-state index in [0.29, 0.717) is 29.7 Å². The second-order valence-corrected chi connectivity index (χ2v) is 8.24. The molecule has 158 valence electrons. The average molecular weight is 437 g/mol. The fourth-order valence-corrected chi connectivity index (χ4v) is 3.97. The van der Waals surface area contributed by atoms with Crippen molar-refractivity contribution in [2.75, 3.05) is 0 Å². The number of hydrogen-bond donors (Lipinski definition) is 1. The van der Waals surface area contributed by atoms with Crippen LogP contribution in [0.2, 0.25) is 0 Å². The minimum atomic E-state index is -0.414. The van der Waals surface area contributed by atoms with Crippen LogP contribution in [-0.2, 0) is 17.8 Å². The Labute approximate surface area is 183 Å². The molecular formula is C23H21FN4O2S. The van der Waals surface area contributed by atoms with Gasteiger partial charge in [-0.05, 0) is 48.9 Å². The SMILES string of the molecule is C[C@H](Sc1nnc(Cc2ccccc2)n1-c1ccc(F)cc1)C(=O)NCc1ccco1. The zero-order chi connectivity index (χ0) is 21.6. The molecule has 8 heteroatoms. The van der Waals surface area contributed by atoms with Gasteiger partial charge in [0.15, 0.2) is 5.16 Å². The van der Waals surface area contributed by atoms with Gasteiger partial charge in [-0.25, -0.2) is 4.39 Å². The second-order valence-electron chi connectivity index (χ2n) is 6.93. The molecule has 1 amide bonds. The van der Waals surface area contributed by atoms with Crippen molar-refractivity contribution in [2.24, 2.45) is 0 Å². The van der Waals surface area contributed by atoms with Crippen molar-refractivity contribution in [3.05, 3.63) is 96.0 Å². The first-order valence-electron chi connectivity index (χ1n) is 9.81.